The smallest absolute Gasteiger partial charge is 0.410 e. The molecule has 0 radical (unpaired) electrons. The molecule has 0 spiro atoms. The first-order valence-electron chi connectivity index (χ1n) is 8.19. The van der Waals surface area contributed by atoms with E-state index in [0.29, 0.717) is 12.1 Å². The van der Waals surface area contributed by atoms with Crippen LogP contribution in [0.15, 0.2) is 0 Å². The fourth-order valence-electron chi connectivity index (χ4n) is 3.26. The lowest BCUT2D eigenvalue weighted by molar-refractivity contribution is 0.0216. The molecule has 2 atom stereocenters. The fraction of sp³-hybridized carbons (Fsp3) is 0.938. The van der Waals surface area contributed by atoms with Crippen LogP contribution in [0.25, 0.3) is 0 Å². The van der Waals surface area contributed by atoms with Crippen LogP contribution in [0.1, 0.15) is 65.7 Å². The summed E-state index contributed by atoms with van der Waals surface area (Å²) >= 11 is 0. The van der Waals surface area contributed by atoms with Gasteiger partial charge in [-0.25, -0.2) is 4.79 Å². The van der Waals surface area contributed by atoms with Crippen LogP contribution in [0.2, 0.25) is 0 Å². The van der Waals surface area contributed by atoms with Crippen LogP contribution in [0, 0.1) is 0 Å². The average molecular weight is 282 g/mol. The molecule has 4 nitrogen and oxygen atoms in total. The fourth-order valence-corrected chi connectivity index (χ4v) is 3.26. The Morgan fingerprint density at radius 2 is 2.00 bits per heavy atom. The molecule has 0 aromatic carbocycles. The van der Waals surface area contributed by atoms with Crippen molar-refractivity contribution in [1.29, 1.82) is 0 Å². The van der Waals surface area contributed by atoms with Crippen LogP contribution < -0.4 is 5.32 Å². The molecule has 0 aromatic rings. The van der Waals surface area contributed by atoms with Gasteiger partial charge in [0.05, 0.1) is 0 Å². The summed E-state index contributed by atoms with van der Waals surface area (Å²) in [6.07, 6.45) is 8.35. The first kappa shape index (κ1) is 15.6. The third kappa shape index (κ3) is 4.65. The van der Waals surface area contributed by atoms with Gasteiger partial charge in [-0.3, -0.25) is 0 Å². The minimum atomic E-state index is -0.394. The Balaban J connectivity index is 1.79. The highest BCUT2D eigenvalue weighted by Crippen LogP contribution is 2.25. The second kappa shape index (κ2) is 6.79. The maximum absolute atomic E-state index is 12.2. The standard InChI is InChI=1S/C16H30N2O2/c1-16(2,3)20-15(19)18-12-6-8-14(18)10-9-13-7-4-5-11-17-13/h13-14,17H,4-12H2,1-3H3/t13?,14-/m0/s1. The monoisotopic (exact) mass is 282 g/mol. The first-order chi connectivity index (χ1) is 9.46. The number of rotatable bonds is 3. The predicted octanol–water partition coefficient (Wildman–Crippen LogP) is 3.31. The van der Waals surface area contributed by atoms with Gasteiger partial charge in [0.25, 0.3) is 0 Å². The van der Waals surface area contributed by atoms with Crippen molar-refractivity contribution in [2.75, 3.05) is 13.1 Å². The van der Waals surface area contributed by atoms with E-state index < -0.39 is 5.60 Å². The van der Waals surface area contributed by atoms with Crippen molar-refractivity contribution in [3.8, 4) is 0 Å². The minimum Gasteiger partial charge on any atom is -0.444 e. The molecule has 4 heteroatoms. The maximum Gasteiger partial charge on any atom is 0.410 e. The van der Waals surface area contributed by atoms with Gasteiger partial charge in [-0.05, 0) is 65.8 Å². The zero-order chi connectivity index (χ0) is 14.6. The van der Waals surface area contributed by atoms with E-state index in [1.807, 2.05) is 25.7 Å². The van der Waals surface area contributed by atoms with E-state index in [4.69, 9.17) is 4.74 Å². The molecule has 1 N–H and O–H groups in total. The minimum absolute atomic E-state index is 0.128. The lowest BCUT2D eigenvalue weighted by Gasteiger charge is -2.30. The number of hydrogen-bond donors (Lipinski definition) is 1. The number of likely N-dealkylation sites (tertiary alicyclic amines) is 1. The highest BCUT2D eigenvalue weighted by molar-refractivity contribution is 5.68. The van der Waals surface area contributed by atoms with Crippen LogP contribution in [0.5, 0.6) is 0 Å². The number of nitrogens with one attached hydrogen (secondary N) is 1. The van der Waals surface area contributed by atoms with E-state index >= 15 is 0 Å². The molecular formula is C16H30N2O2. The SMILES string of the molecule is CC(C)(C)OC(=O)N1CCC[C@H]1CCC1CCCCN1. The van der Waals surface area contributed by atoms with E-state index in [2.05, 4.69) is 5.32 Å². The third-order valence-corrected chi connectivity index (χ3v) is 4.27. The van der Waals surface area contributed by atoms with Crippen molar-refractivity contribution in [3.63, 3.8) is 0 Å². The van der Waals surface area contributed by atoms with Crippen molar-refractivity contribution in [3.05, 3.63) is 0 Å². The molecule has 2 aliphatic heterocycles. The van der Waals surface area contributed by atoms with E-state index in [-0.39, 0.29) is 6.09 Å². The summed E-state index contributed by atoms with van der Waals surface area (Å²) in [6, 6.07) is 1.04. The van der Waals surface area contributed by atoms with E-state index in [1.165, 1.54) is 25.7 Å². The van der Waals surface area contributed by atoms with Gasteiger partial charge in [0.2, 0.25) is 0 Å². The largest absolute Gasteiger partial charge is 0.444 e. The summed E-state index contributed by atoms with van der Waals surface area (Å²) in [7, 11) is 0. The van der Waals surface area contributed by atoms with Crippen molar-refractivity contribution >= 4 is 6.09 Å². The van der Waals surface area contributed by atoms with Crippen molar-refractivity contribution in [2.24, 2.45) is 0 Å². The molecule has 116 valence electrons. The Hall–Kier alpha value is -0.770. The summed E-state index contributed by atoms with van der Waals surface area (Å²) < 4.78 is 5.52. The Labute approximate surface area is 123 Å². The van der Waals surface area contributed by atoms with Crippen LogP contribution >= 0.6 is 0 Å². The lowest BCUT2D eigenvalue weighted by Crippen LogP contribution is -2.41. The zero-order valence-corrected chi connectivity index (χ0v) is 13.3. The zero-order valence-electron chi connectivity index (χ0n) is 13.3. The summed E-state index contributed by atoms with van der Waals surface area (Å²) in [5.74, 6) is 0. The average Bonchev–Trinajstić information content (AvgIpc) is 2.84. The Morgan fingerprint density at radius 1 is 1.20 bits per heavy atom. The molecule has 2 aliphatic rings. The van der Waals surface area contributed by atoms with Gasteiger partial charge in [0.15, 0.2) is 0 Å². The first-order valence-corrected chi connectivity index (χ1v) is 8.19. The van der Waals surface area contributed by atoms with E-state index in [1.54, 1.807) is 0 Å². The number of piperidine rings is 1. The topological polar surface area (TPSA) is 41.6 Å². The molecule has 2 rings (SSSR count). The van der Waals surface area contributed by atoms with Gasteiger partial charge in [-0.2, -0.15) is 0 Å². The number of hydrogen-bond acceptors (Lipinski definition) is 3. The molecule has 0 bridgehead atoms. The van der Waals surface area contributed by atoms with E-state index in [0.717, 1.165) is 32.4 Å². The number of amides is 1. The Morgan fingerprint density at radius 3 is 2.65 bits per heavy atom. The van der Waals surface area contributed by atoms with Crippen LogP contribution in [-0.4, -0.2) is 41.8 Å². The molecule has 1 amide bonds. The van der Waals surface area contributed by atoms with Crippen molar-refractivity contribution in [1.82, 2.24) is 10.2 Å². The van der Waals surface area contributed by atoms with Gasteiger partial charge in [0.1, 0.15) is 5.60 Å². The lowest BCUT2D eigenvalue weighted by atomic mass is 9.97. The molecule has 0 aliphatic carbocycles. The maximum atomic E-state index is 12.2. The molecule has 2 heterocycles. The third-order valence-electron chi connectivity index (χ3n) is 4.27. The van der Waals surface area contributed by atoms with Crippen molar-refractivity contribution < 1.29 is 9.53 Å². The Kier molecular flexibility index (Phi) is 5.30. The number of carbonyl (C=O) groups excluding carboxylic acids is 1. The molecule has 1 unspecified atom stereocenters. The summed E-state index contributed by atoms with van der Waals surface area (Å²) in [5.41, 5.74) is -0.394. The molecule has 0 saturated carbocycles. The van der Waals surface area contributed by atoms with Crippen LogP contribution in [0.4, 0.5) is 4.79 Å². The highest BCUT2D eigenvalue weighted by atomic mass is 16.6. The second-order valence-electron chi connectivity index (χ2n) is 7.19. The van der Waals surface area contributed by atoms with Gasteiger partial charge in [-0.15, -0.1) is 0 Å². The van der Waals surface area contributed by atoms with E-state index in [9.17, 15) is 4.79 Å². The normalized spacial score (nSPS) is 27.6. The predicted molar refractivity (Wildman–Crippen MR) is 80.8 cm³/mol. The summed E-state index contributed by atoms with van der Waals surface area (Å²) in [6.45, 7) is 7.81. The molecule has 2 saturated heterocycles. The molecule has 0 aromatic heterocycles. The second-order valence-corrected chi connectivity index (χ2v) is 7.19. The number of carbonyl (C=O) groups is 1. The van der Waals surface area contributed by atoms with Gasteiger partial charge in [0, 0.05) is 18.6 Å². The van der Waals surface area contributed by atoms with Crippen LogP contribution in [-0.2, 0) is 4.74 Å². The van der Waals surface area contributed by atoms with Gasteiger partial charge < -0.3 is 15.0 Å². The van der Waals surface area contributed by atoms with Crippen molar-refractivity contribution in [2.45, 2.75) is 83.4 Å². The Bertz CT molecular complexity index is 319. The van der Waals surface area contributed by atoms with Gasteiger partial charge in [-0.1, -0.05) is 6.42 Å². The summed E-state index contributed by atoms with van der Waals surface area (Å²) in [4.78, 5) is 14.2. The molecule has 2 fully saturated rings. The number of nitrogens with zero attached hydrogens (tertiary/aromatic N) is 1. The number of ether oxygens (including phenoxy) is 1. The van der Waals surface area contributed by atoms with Gasteiger partial charge >= 0.3 is 6.09 Å². The highest BCUT2D eigenvalue weighted by Gasteiger charge is 2.32. The quantitative estimate of drug-likeness (QED) is 0.863. The molecular weight excluding hydrogens is 252 g/mol. The van der Waals surface area contributed by atoms with Crippen LogP contribution in [0.3, 0.4) is 0 Å². The molecule has 20 heavy (non-hydrogen) atoms. The summed E-state index contributed by atoms with van der Waals surface area (Å²) in [5, 5.41) is 3.59.